The quantitative estimate of drug-likeness (QED) is 0.114. The smallest absolute Gasteiger partial charge is 0.257 e. The van der Waals surface area contributed by atoms with Gasteiger partial charge in [-0.1, -0.05) is 0 Å². The van der Waals surface area contributed by atoms with E-state index in [1.165, 1.54) is 35.0 Å². The number of carbonyl (C=O) groups is 3. The number of rotatable bonds is 11. The molecule has 0 spiro atoms. The normalized spacial score (nSPS) is 19.4. The second kappa shape index (κ2) is 18.9. The lowest BCUT2D eigenvalue weighted by Gasteiger charge is -2.39. The van der Waals surface area contributed by atoms with Crippen LogP contribution < -0.4 is 26.4 Å². The number of piperazine rings is 1. The van der Waals surface area contributed by atoms with Crippen LogP contribution in [-0.4, -0.2) is 119 Å². The van der Waals surface area contributed by atoms with Crippen molar-refractivity contribution in [2.24, 2.45) is 13.0 Å². The van der Waals surface area contributed by atoms with Crippen molar-refractivity contribution in [2.45, 2.75) is 57.0 Å². The van der Waals surface area contributed by atoms with Crippen molar-refractivity contribution < 1.29 is 31.9 Å². The average Bonchev–Trinajstić information content (AvgIpc) is 3.62. The predicted octanol–water partition coefficient (Wildman–Crippen LogP) is 5.59. The number of nitrogens with zero attached hydrogens (tertiary/aromatic N) is 7. The lowest BCUT2D eigenvalue weighted by molar-refractivity contribution is -0.133. The van der Waals surface area contributed by atoms with E-state index < -0.39 is 29.4 Å². The highest BCUT2D eigenvalue weighted by Gasteiger charge is 2.32. The van der Waals surface area contributed by atoms with Crippen LogP contribution in [0.15, 0.2) is 65.7 Å². The number of anilines is 3. The Kier molecular flexibility index (Phi) is 12.9. The molecule has 0 saturated carbocycles. The molecule has 3 aromatic heterocycles. The number of likely N-dealkylation sites (tertiary alicyclic amines) is 2. The molecule has 4 saturated heterocycles. The van der Waals surface area contributed by atoms with Gasteiger partial charge in [0.2, 0.25) is 11.8 Å². The van der Waals surface area contributed by atoms with E-state index >= 15 is 13.2 Å². The maximum Gasteiger partial charge on any atom is 0.257 e. The van der Waals surface area contributed by atoms with Crippen LogP contribution in [0.25, 0.3) is 16.7 Å². The number of aromatic nitrogens is 3. The third-order valence-electron chi connectivity index (χ3n) is 13.9. The number of halogens is 4. The molecule has 0 radical (unpaired) electrons. The fraction of sp³-hybridized carbons (Fsp3) is 0.438. The Hall–Kier alpha value is -6.27. The van der Waals surface area contributed by atoms with E-state index in [1.54, 1.807) is 36.3 Å². The van der Waals surface area contributed by atoms with Gasteiger partial charge in [-0.15, -0.1) is 0 Å². The Bertz CT molecular complexity index is 2700. The fourth-order valence-electron chi connectivity index (χ4n) is 10.1. The molecule has 348 valence electrons. The van der Waals surface area contributed by atoms with Crippen molar-refractivity contribution in [1.82, 2.24) is 34.1 Å². The molecule has 4 aliphatic rings. The first-order valence-corrected chi connectivity index (χ1v) is 22.7. The van der Waals surface area contributed by atoms with Gasteiger partial charge in [-0.2, -0.15) is 0 Å². The number of hydrogen-bond acceptors (Lipinski definition) is 10. The molecule has 2 aromatic carbocycles. The number of pyridine rings is 2. The van der Waals surface area contributed by atoms with E-state index in [1.807, 2.05) is 22.6 Å². The number of benzene rings is 2. The van der Waals surface area contributed by atoms with Crippen LogP contribution in [0, 0.1) is 29.2 Å². The second-order valence-corrected chi connectivity index (χ2v) is 18.0. The topological polar surface area (TPSA) is 140 Å². The minimum absolute atomic E-state index is 0.0134. The summed E-state index contributed by atoms with van der Waals surface area (Å²) in [6.07, 6.45) is 5.93. The van der Waals surface area contributed by atoms with E-state index in [2.05, 4.69) is 30.7 Å². The third kappa shape index (κ3) is 9.25. The van der Waals surface area contributed by atoms with Gasteiger partial charge < -0.3 is 25.0 Å². The summed E-state index contributed by atoms with van der Waals surface area (Å²) in [7, 11) is 3.43. The van der Waals surface area contributed by atoms with Crippen molar-refractivity contribution in [1.29, 1.82) is 0 Å². The SMILES string of the molecule is CNc1cc(=O)n(-c2ccnc3c2cc(CN2CCC(c4c(F)cc(C(=O)N5CCC(CN6CCN(c7ccc(N[C@@H]8CCC(=O)NC8=O)cc7F)CC6)CC5)cc4F)CC2)n3C)cc1F. The van der Waals surface area contributed by atoms with Gasteiger partial charge in [-0.3, -0.25) is 38.9 Å². The summed E-state index contributed by atoms with van der Waals surface area (Å²) in [5.41, 5.74) is 2.82. The van der Waals surface area contributed by atoms with Gasteiger partial charge in [0.15, 0.2) is 5.82 Å². The zero-order chi connectivity index (χ0) is 46.2. The van der Waals surface area contributed by atoms with E-state index in [0.29, 0.717) is 99.1 Å². The molecular weight excluding hydrogens is 857 g/mol. The molecule has 7 heterocycles. The van der Waals surface area contributed by atoms with Crippen molar-refractivity contribution >= 4 is 45.8 Å². The summed E-state index contributed by atoms with van der Waals surface area (Å²) in [6.45, 7) is 6.35. The maximum atomic E-state index is 15.8. The zero-order valence-electron chi connectivity index (χ0n) is 37.1. The Morgan fingerprint density at radius 1 is 0.788 bits per heavy atom. The van der Waals surface area contributed by atoms with Crippen LogP contribution >= 0.6 is 0 Å². The summed E-state index contributed by atoms with van der Waals surface area (Å²) in [4.78, 5) is 62.8. The van der Waals surface area contributed by atoms with Gasteiger partial charge in [-0.25, -0.2) is 22.5 Å². The first kappa shape index (κ1) is 44.9. The minimum atomic E-state index is -0.702. The average molecular weight is 911 g/mol. The van der Waals surface area contributed by atoms with Crippen LogP contribution in [0.1, 0.15) is 66.1 Å². The number of fused-ring (bicyclic) bond motifs is 1. The van der Waals surface area contributed by atoms with Gasteiger partial charge in [0.05, 0.1) is 23.3 Å². The summed E-state index contributed by atoms with van der Waals surface area (Å²) in [5.74, 6) is -3.43. The van der Waals surface area contributed by atoms with Gasteiger partial charge in [0.1, 0.15) is 29.1 Å². The van der Waals surface area contributed by atoms with Crippen molar-refractivity contribution in [3.63, 3.8) is 0 Å². The third-order valence-corrected chi connectivity index (χ3v) is 13.9. The molecule has 18 heteroatoms. The zero-order valence-corrected chi connectivity index (χ0v) is 37.1. The predicted molar refractivity (Wildman–Crippen MR) is 243 cm³/mol. The highest BCUT2D eigenvalue weighted by Crippen LogP contribution is 2.35. The summed E-state index contributed by atoms with van der Waals surface area (Å²) in [5, 5.41) is 8.71. The number of carbonyl (C=O) groups excluding carboxylic acids is 3. The van der Waals surface area contributed by atoms with Crippen molar-refractivity contribution in [2.75, 3.05) is 81.5 Å². The van der Waals surface area contributed by atoms with Gasteiger partial charge in [-0.05, 0) is 99.5 Å². The number of piperidine rings is 3. The number of aryl methyl sites for hydroxylation is 1. The Morgan fingerprint density at radius 3 is 2.20 bits per heavy atom. The minimum Gasteiger partial charge on any atom is -0.386 e. The molecule has 4 fully saturated rings. The van der Waals surface area contributed by atoms with Gasteiger partial charge in [0, 0.05) is 113 Å². The number of hydrogen-bond donors (Lipinski definition) is 3. The highest BCUT2D eigenvalue weighted by atomic mass is 19.1. The molecule has 14 nitrogen and oxygen atoms in total. The van der Waals surface area contributed by atoms with Crippen LogP contribution in [0.5, 0.6) is 0 Å². The molecule has 0 aliphatic carbocycles. The summed E-state index contributed by atoms with van der Waals surface area (Å²) < 4.78 is 64.7. The largest absolute Gasteiger partial charge is 0.386 e. The molecule has 0 unspecified atom stereocenters. The van der Waals surface area contributed by atoms with E-state index in [0.717, 1.165) is 38.2 Å². The van der Waals surface area contributed by atoms with E-state index in [-0.39, 0.29) is 52.3 Å². The molecule has 3 amide bonds. The summed E-state index contributed by atoms with van der Waals surface area (Å²) in [6, 6.07) is 11.5. The Morgan fingerprint density at radius 2 is 1.52 bits per heavy atom. The van der Waals surface area contributed by atoms with Gasteiger partial charge in [0.25, 0.3) is 11.5 Å². The first-order valence-electron chi connectivity index (χ1n) is 22.7. The van der Waals surface area contributed by atoms with Crippen LogP contribution in [0.3, 0.4) is 0 Å². The van der Waals surface area contributed by atoms with Crippen LogP contribution in [0.4, 0.5) is 34.6 Å². The lowest BCUT2D eigenvalue weighted by atomic mass is 9.87. The monoisotopic (exact) mass is 910 g/mol. The number of imide groups is 1. The molecular formula is C48H54F4N10O4. The summed E-state index contributed by atoms with van der Waals surface area (Å²) >= 11 is 0. The van der Waals surface area contributed by atoms with Crippen LogP contribution in [0.2, 0.25) is 0 Å². The van der Waals surface area contributed by atoms with E-state index in [4.69, 9.17) is 0 Å². The maximum absolute atomic E-state index is 15.8. The van der Waals surface area contributed by atoms with Crippen molar-refractivity contribution in [3.8, 4) is 5.69 Å². The molecule has 66 heavy (non-hydrogen) atoms. The first-order chi connectivity index (χ1) is 31.8. The molecule has 1 atom stereocenters. The Balaban J connectivity index is 0.742. The lowest BCUT2D eigenvalue weighted by Crippen LogP contribution is -2.49. The second-order valence-electron chi connectivity index (χ2n) is 18.0. The van der Waals surface area contributed by atoms with Crippen LogP contribution in [-0.2, 0) is 23.2 Å². The highest BCUT2D eigenvalue weighted by molar-refractivity contribution is 6.01. The molecule has 0 bridgehead atoms. The molecule has 4 aliphatic heterocycles. The molecule has 3 N–H and O–H groups in total. The Labute approximate surface area is 379 Å². The van der Waals surface area contributed by atoms with Crippen molar-refractivity contribution in [3.05, 3.63) is 111 Å². The molecule has 5 aromatic rings. The van der Waals surface area contributed by atoms with Gasteiger partial charge >= 0.3 is 0 Å². The molecule has 9 rings (SSSR count). The van der Waals surface area contributed by atoms with E-state index in [9.17, 15) is 23.6 Å². The number of nitrogens with one attached hydrogen (secondary N) is 3. The number of amides is 3. The fourth-order valence-corrected chi connectivity index (χ4v) is 10.1. The standard InChI is InChI=1S/C48H54F4N10O4/c1-53-40-25-44(64)62(28-38(40)52)41-7-12-54-46-34(41)24-33(57(46)2)27-58-13-10-30(11-14-58)45-36(50)21-31(22-37(45)51)48(66)61-15-8-29(9-16-61)26-59-17-19-60(20-18-59)42-5-3-32(23-35(42)49)55-39-4-6-43(63)56-47(39)65/h3,5,7,12,21-25,28-30,39,53,55H,4,6,8-11,13-20,26-27H2,1-2H3,(H,56,63,65)/t39-/m1/s1.